The van der Waals surface area contributed by atoms with Gasteiger partial charge in [-0.1, -0.05) is 77.0 Å². The van der Waals surface area contributed by atoms with Crippen LogP contribution in [0.4, 0.5) is 132 Å². The first kappa shape index (κ1) is 88.8. The first-order valence-corrected chi connectivity index (χ1v) is 33.0. The number of hydrogen-bond donors (Lipinski definition) is 0. The molecule has 0 saturated carbocycles. The van der Waals surface area contributed by atoms with E-state index in [1.807, 2.05) is 0 Å². The van der Waals surface area contributed by atoms with Crippen LogP contribution in [0.2, 0.25) is 0 Å². The Balaban J connectivity index is 1.93. The van der Waals surface area contributed by atoms with Crippen LogP contribution in [0.5, 0.6) is 34.5 Å². The van der Waals surface area contributed by atoms with Crippen molar-refractivity contribution in [2.75, 3.05) is 39.6 Å². The SMILES string of the molecule is FC(F)(F)C(F)(F)CCCCCCOc1cc2c3cc(OCCCCCCC(F)(F)C(F)(F)F)c(OCCCCCCC(F)(F)C(F)(F)F)cc3c3cc(OCCCCCCC(F)(F)C(F)(F)F)c(OCCCCCCC(F)(F)C(F)(F)F)cc3c2cc1OCCCCCCC(F)(F)C(F)(F)F. The summed E-state index contributed by atoms with van der Waals surface area (Å²) in [5.74, 6) is -30.6. The zero-order valence-corrected chi connectivity index (χ0v) is 54.7. The maximum Gasteiger partial charge on any atom is 0.453 e. The first-order chi connectivity index (χ1) is 47.0. The molecule has 0 amide bonds. The van der Waals surface area contributed by atoms with Crippen molar-refractivity contribution in [2.24, 2.45) is 0 Å². The molecule has 0 radical (unpaired) electrons. The molecule has 588 valence electrons. The monoisotopic (exact) mass is 1540 g/mol. The molecule has 0 unspecified atom stereocenters. The number of unbranched alkanes of at least 4 members (excludes halogenated alkanes) is 18. The van der Waals surface area contributed by atoms with Crippen molar-refractivity contribution in [3.05, 3.63) is 36.4 Å². The third-order valence-electron chi connectivity index (χ3n) is 16.5. The maximum absolute atomic E-state index is 13.7. The molecule has 0 aliphatic rings. The third kappa shape index (κ3) is 27.1. The fraction of sp³-hybridized carbons (Fsp3) is 0.727. The summed E-state index contributed by atoms with van der Waals surface area (Å²) in [6.45, 7) is -1.72. The predicted octanol–water partition coefficient (Wildman–Crippen LogP) is 26.3. The van der Waals surface area contributed by atoms with Gasteiger partial charge < -0.3 is 28.4 Å². The minimum atomic E-state index is -5.82. The Morgan fingerprint density at radius 3 is 0.373 bits per heavy atom. The normalized spacial score (nSPS) is 13.8. The quantitative estimate of drug-likeness (QED) is 0.0250. The van der Waals surface area contributed by atoms with Gasteiger partial charge in [-0.25, -0.2) is 0 Å². The highest BCUT2D eigenvalue weighted by Gasteiger charge is 2.60. The molecule has 0 atom stereocenters. The van der Waals surface area contributed by atoms with E-state index < -0.39 is 150 Å². The van der Waals surface area contributed by atoms with Gasteiger partial charge in [0.15, 0.2) is 34.5 Å². The molecule has 6 nitrogen and oxygen atoms in total. The molecule has 0 saturated heterocycles. The van der Waals surface area contributed by atoms with Crippen LogP contribution in [0.15, 0.2) is 36.4 Å². The van der Waals surface area contributed by atoms with Crippen LogP contribution < -0.4 is 28.4 Å². The Kier molecular flexibility index (Phi) is 32.7. The minimum absolute atomic E-state index is 0.0110. The molecular weight excluding hydrogens is 1460 g/mol. The summed E-state index contributed by atoms with van der Waals surface area (Å²) in [7, 11) is 0. The summed E-state index contributed by atoms with van der Waals surface area (Å²) in [4.78, 5) is 0. The highest BCUT2D eigenvalue weighted by Crippen LogP contribution is 2.50. The van der Waals surface area contributed by atoms with E-state index in [9.17, 15) is 132 Å². The van der Waals surface area contributed by atoms with Gasteiger partial charge >= 0.3 is 72.6 Å². The molecule has 0 spiro atoms. The summed E-state index contributed by atoms with van der Waals surface area (Å²) in [6.07, 6.45) is -48.2. The number of rotatable bonds is 48. The lowest BCUT2D eigenvalue weighted by molar-refractivity contribution is -0.284. The van der Waals surface area contributed by atoms with Gasteiger partial charge in [0, 0.05) is 38.5 Å². The second-order valence-corrected chi connectivity index (χ2v) is 24.8. The van der Waals surface area contributed by atoms with Crippen LogP contribution in [-0.2, 0) is 0 Å². The molecule has 102 heavy (non-hydrogen) atoms. The van der Waals surface area contributed by atoms with Gasteiger partial charge in [0.2, 0.25) is 0 Å². The fourth-order valence-corrected chi connectivity index (χ4v) is 10.5. The van der Waals surface area contributed by atoms with Gasteiger partial charge in [-0.3, -0.25) is 0 Å². The molecule has 0 bridgehead atoms. The van der Waals surface area contributed by atoms with E-state index in [4.69, 9.17) is 28.4 Å². The Hall–Kier alpha value is -5.64. The van der Waals surface area contributed by atoms with E-state index in [-0.39, 0.29) is 222 Å². The number of fused-ring (bicyclic) bond motifs is 6. The second-order valence-electron chi connectivity index (χ2n) is 24.8. The largest absolute Gasteiger partial charge is 0.490 e. The molecule has 0 aliphatic heterocycles. The van der Waals surface area contributed by atoms with E-state index in [1.165, 1.54) is 36.4 Å². The Bertz CT molecular complexity index is 2590. The van der Waals surface area contributed by atoms with Gasteiger partial charge in [0.05, 0.1) is 39.6 Å². The smallest absolute Gasteiger partial charge is 0.453 e. The van der Waals surface area contributed by atoms with Gasteiger partial charge in [-0.2, -0.15) is 132 Å². The summed E-state index contributed by atoms with van der Waals surface area (Å²) >= 11 is 0. The zero-order valence-electron chi connectivity index (χ0n) is 54.7. The standard InChI is InChI=1S/C66H78F30O6/c67-55(68,61(79,80)81)25-13-1-7-19-31-97-49-37-43-44(38-50(49)98-32-20-8-2-14-26-56(69,70)62(82,83)84)46-40-52(100-34-22-10-4-16-28-58(73,74)64(88,89)90)54(102-36-24-12-6-18-30-60(77,78)66(94,95)96)42-48(46)47-41-53(101-35-23-11-5-17-29-59(75,76)65(91,92)93)51(39-45(43)47)99-33-21-9-3-15-27-57(71,72)63(85,86)87/h37-42H,1-36H2. The lowest BCUT2D eigenvalue weighted by Crippen LogP contribution is -2.36. The van der Waals surface area contributed by atoms with Crippen LogP contribution in [0.1, 0.15) is 193 Å². The van der Waals surface area contributed by atoms with Gasteiger partial charge in [-0.05, 0) is 146 Å². The summed E-state index contributed by atoms with van der Waals surface area (Å²) in [5.41, 5.74) is 0. The third-order valence-corrected chi connectivity index (χ3v) is 16.5. The number of ether oxygens (including phenoxy) is 6. The second kappa shape index (κ2) is 37.6. The number of benzene rings is 4. The number of hydrogen-bond acceptors (Lipinski definition) is 6. The highest BCUT2D eigenvalue weighted by molar-refractivity contribution is 6.27. The molecule has 0 fully saturated rings. The maximum atomic E-state index is 13.7. The number of alkyl halides is 30. The molecule has 4 aromatic carbocycles. The molecule has 0 heterocycles. The first-order valence-electron chi connectivity index (χ1n) is 33.0. The lowest BCUT2D eigenvalue weighted by Gasteiger charge is -2.21. The molecule has 4 aromatic rings. The van der Waals surface area contributed by atoms with Crippen LogP contribution in [0, 0.1) is 0 Å². The van der Waals surface area contributed by atoms with E-state index in [2.05, 4.69) is 0 Å². The van der Waals surface area contributed by atoms with Gasteiger partial charge in [0.25, 0.3) is 0 Å². The Morgan fingerprint density at radius 2 is 0.265 bits per heavy atom. The molecule has 4 rings (SSSR count). The fourth-order valence-electron chi connectivity index (χ4n) is 10.5. The highest BCUT2D eigenvalue weighted by atomic mass is 19.5. The minimum Gasteiger partial charge on any atom is -0.490 e. The average Bonchev–Trinajstić information content (AvgIpc) is 0.725. The van der Waals surface area contributed by atoms with Crippen molar-refractivity contribution in [1.82, 2.24) is 0 Å². The van der Waals surface area contributed by atoms with Gasteiger partial charge in [0.1, 0.15) is 0 Å². The van der Waals surface area contributed by atoms with Crippen molar-refractivity contribution >= 4 is 32.3 Å². The molecular formula is C66H78F30O6. The van der Waals surface area contributed by atoms with Crippen LogP contribution in [0.25, 0.3) is 32.3 Å². The zero-order chi connectivity index (χ0) is 76.9. The van der Waals surface area contributed by atoms with E-state index in [0.29, 0.717) is 0 Å². The predicted molar refractivity (Wildman–Crippen MR) is 316 cm³/mol. The molecule has 0 aromatic heterocycles. The van der Waals surface area contributed by atoms with Gasteiger partial charge in [-0.15, -0.1) is 0 Å². The number of halogens is 30. The Labute approximate surface area is 567 Å². The van der Waals surface area contributed by atoms with Crippen molar-refractivity contribution in [2.45, 2.75) is 265 Å². The average molecular weight is 1540 g/mol. The van der Waals surface area contributed by atoms with Crippen molar-refractivity contribution in [3.8, 4) is 34.5 Å². The molecule has 0 aliphatic carbocycles. The van der Waals surface area contributed by atoms with Crippen molar-refractivity contribution in [3.63, 3.8) is 0 Å². The summed E-state index contributed by atoms with van der Waals surface area (Å²) in [6, 6.07) is 8.40. The molecule has 36 heteroatoms. The lowest BCUT2D eigenvalue weighted by atomic mass is 9.93. The van der Waals surface area contributed by atoms with Crippen LogP contribution >= 0.6 is 0 Å². The van der Waals surface area contributed by atoms with Crippen LogP contribution in [-0.4, -0.2) is 112 Å². The van der Waals surface area contributed by atoms with Crippen molar-refractivity contribution in [1.29, 1.82) is 0 Å². The summed E-state index contributed by atoms with van der Waals surface area (Å²) in [5, 5.41) is 1.19. The topological polar surface area (TPSA) is 55.4 Å². The van der Waals surface area contributed by atoms with Crippen LogP contribution in [0.3, 0.4) is 0 Å². The van der Waals surface area contributed by atoms with E-state index >= 15 is 0 Å². The van der Waals surface area contributed by atoms with E-state index in [1.54, 1.807) is 0 Å². The Morgan fingerprint density at radius 1 is 0.157 bits per heavy atom. The van der Waals surface area contributed by atoms with E-state index in [0.717, 1.165) is 0 Å². The van der Waals surface area contributed by atoms with Crippen molar-refractivity contribution < 1.29 is 160 Å². The molecule has 0 N–H and O–H groups in total. The summed E-state index contributed by atoms with van der Waals surface area (Å²) < 4.78 is 433.